The summed E-state index contributed by atoms with van der Waals surface area (Å²) in [5.74, 6) is -0.543. The van der Waals surface area contributed by atoms with Gasteiger partial charge in [0.1, 0.15) is 0 Å². The zero-order valence-corrected chi connectivity index (χ0v) is 17.4. The Morgan fingerprint density at radius 1 is 0.844 bits per heavy atom. The van der Waals surface area contributed by atoms with Gasteiger partial charge in [-0.2, -0.15) is 0 Å². The molecule has 4 aromatic carbocycles. The van der Waals surface area contributed by atoms with Gasteiger partial charge in [0.15, 0.2) is 0 Å². The maximum absolute atomic E-state index is 12.8. The highest BCUT2D eigenvalue weighted by atomic mass is 32.2. The Morgan fingerprint density at radius 2 is 1.53 bits per heavy atom. The predicted octanol–water partition coefficient (Wildman–Crippen LogP) is 4.80. The van der Waals surface area contributed by atoms with E-state index >= 15 is 0 Å². The Labute approximate surface area is 183 Å². The topological polar surface area (TPSA) is 118 Å². The molecule has 32 heavy (non-hydrogen) atoms. The number of nitrogens with one attached hydrogen (secondary N) is 2. The summed E-state index contributed by atoms with van der Waals surface area (Å²) in [6, 6.07) is 23.8. The van der Waals surface area contributed by atoms with Gasteiger partial charge >= 0.3 is 0 Å². The quantitative estimate of drug-likeness (QED) is 0.325. The standard InChI is InChI=1S/C23H17N3O5S/c27-23(17-7-3-8-19(15-17)26(28)29)24-18-11-13-20(14-12-18)32(30,31)25-22-10-4-6-16-5-1-2-9-21(16)22/h1-15,25H,(H,24,27). The summed E-state index contributed by atoms with van der Waals surface area (Å²) in [5, 5.41) is 15.2. The van der Waals surface area contributed by atoms with E-state index in [1.165, 1.54) is 48.5 Å². The summed E-state index contributed by atoms with van der Waals surface area (Å²) >= 11 is 0. The first-order valence-electron chi connectivity index (χ1n) is 9.50. The SMILES string of the molecule is O=C(Nc1ccc(S(=O)(=O)Nc2cccc3ccccc23)cc1)c1cccc([N+](=O)[O-])c1. The Bertz CT molecular complexity index is 1430. The van der Waals surface area contributed by atoms with E-state index in [-0.39, 0.29) is 16.1 Å². The molecular weight excluding hydrogens is 430 g/mol. The molecule has 0 aromatic heterocycles. The molecule has 0 heterocycles. The number of hydrogen-bond acceptors (Lipinski definition) is 5. The third-order valence-electron chi connectivity index (χ3n) is 4.78. The predicted molar refractivity (Wildman–Crippen MR) is 122 cm³/mol. The maximum atomic E-state index is 12.8. The molecule has 2 N–H and O–H groups in total. The van der Waals surface area contributed by atoms with Crippen LogP contribution in [0.5, 0.6) is 0 Å². The molecule has 4 aromatic rings. The average Bonchev–Trinajstić information content (AvgIpc) is 2.79. The van der Waals surface area contributed by atoms with Crippen molar-refractivity contribution in [3.8, 4) is 0 Å². The Morgan fingerprint density at radius 3 is 2.28 bits per heavy atom. The summed E-state index contributed by atoms with van der Waals surface area (Å²) in [5.41, 5.74) is 0.740. The molecule has 0 spiro atoms. The first-order valence-corrected chi connectivity index (χ1v) is 11.0. The monoisotopic (exact) mass is 447 g/mol. The van der Waals surface area contributed by atoms with Crippen molar-refractivity contribution in [1.82, 2.24) is 0 Å². The number of sulfonamides is 1. The third kappa shape index (κ3) is 4.42. The van der Waals surface area contributed by atoms with Crippen LogP contribution in [0, 0.1) is 10.1 Å². The number of benzene rings is 4. The van der Waals surface area contributed by atoms with Crippen LogP contribution < -0.4 is 10.0 Å². The van der Waals surface area contributed by atoms with E-state index in [0.29, 0.717) is 11.4 Å². The summed E-state index contributed by atoms with van der Waals surface area (Å²) in [6.45, 7) is 0. The van der Waals surface area contributed by atoms with Gasteiger partial charge in [0.2, 0.25) is 0 Å². The van der Waals surface area contributed by atoms with Gasteiger partial charge in [-0.25, -0.2) is 8.42 Å². The molecule has 0 saturated heterocycles. The smallest absolute Gasteiger partial charge is 0.270 e. The number of fused-ring (bicyclic) bond motifs is 1. The van der Waals surface area contributed by atoms with Crippen LogP contribution in [0.1, 0.15) is 10.4 Å². The Hall–Kier alpha value is -4.24. The highest BCUT2D eigenvalue weighted by molar-refractivity contribution is 7.92. The zero-order chi connectivity index (χ0) is 22.7. The van der Waals surface area contributed by atoms with Crippen molar-refractivity contribution in [1.29, 1.82) is 0 Å². The van der Waals surface area contributed by atoms with Crippen LogP contribution in [0.4, 0.5) is 17.1 Å². The fourth-order valence-corrected chi connectivity index (χ4v) is 4.28. The normalized spacial score (nSPS) is 11.1. The number of anilines is 2. The van der Waals surface area contributed by atoms with Crippen LogP contribution in [0.2, 0.25) is 0 Å². The summed E-state index contributed by atoms with van der Waals surface area (Å²) in [7, 11) is -3.85. The number of carbonyl (C=O) groups is 1. The molecule has 4 rings (SSSR count). The molecule has 160 valence electrons. The molecule has 1 amide bonds. The summed E-state index contributed by atoms with van der Waals surface area (Å²) in [4.78, 5) is 22.7. The lowest BCUT2D eigenvalue weighted by molar-refractivity contribution is -0.384. The number of amides is 1. The number of nitro benzene ring substituents is 1. The fraction of sp³-hybridized carbons (Fsp3) is 0. The number of rotatable bonds is 6. The van der Waals surface area contributed by atoms with E-state index in [1.54, 1.807) is 12.1 Å². The Kier molecular flexibility index (Phi) is 5.57. The van der Waals surface area contributed by atoms with E-state index in [9.17, 15) is 23.3 Å². The van der Waals surface area contributed by atoms with Gasteiger partial charge in [-0.1, -0.05) is 42.5 Å². The zero-order valence-electron chi connectivity index (χ0n) is 16.6. The van der Waals surface area contributed by atoms with Gasteiger partial charge < -0.3 is 5.32 Å². The maximum Gasteiger partial charge on any atom is 0.270 e. The number of non-ortho nitro benzene ring substituents is 1. The van der Waals surface area contributed by atoms with Crippen LogP contribution in [0.3, 0.4) is 0 Å². The highest BCUT2D eigenvalue weighted by Crippen LogP contribution is 2.26. The van der Waals surface area contributed by atoms with Crippen molar-refractivity contribution in [2.24, 2.45) is 0 Å². The van der Waals surface area contributed by atoms with Gasteiger partial charge in [-0.05, 0) is 41.8 Å². The molecule has 8 nitrogen and oxygen atoms in total. The van der Waals surface area contributed by atoms with Crippen molar-refractivity contribution in [2.45, 2.75) is 4.90 Å². The molecule has 0 aliphatic rings. The average molecular weight is 447 g/mol. The van der Waals surface area contributed by atoms with Crippen LogP contribution in [-0.4, -0.2) is 19.2 Å². The Balaban J connectivity index is 1.52. The molecule has 0 aliphatic carbocycles. The summed E-state index contributed by atoms with van der Waals surface area (Å²) in [6.07, 6.45) is 0. The molecule has 0 radical (unpaired) electrons. The van der Waals surface area contributed by atoms with Gasteiger partial charge in [0, 0.05) is 28.8 Å². The molecule has 0 unspecified atom stereocenters. The molecule has 9 heteroatoms. The van der Waals surface area contributed by atoms with Gasteiger partial charge in [0.05, 0.1) is 15.5 Å². The van der Waals surface area contributed by atoms with Gasteiger partial charge in [-0.3, -0.25) is 19.6 Å². The molecule has 0 fully saturated rings. The van der Waals surface area contributed by atoms with E-state index in [0.717, 1.165) is 10.8 Å². The minimum Gasteiger partial charge on any atom is -0.322 e. The molecule has 0 aliphatic heterocycles. The van der Waals surface area contributed by atoms with Crippen molar-refractivity contribution in [3.63, 3.8) is 0 Å². The van der Waals surface area contributed by atoms with E-state index in [4.69, 9.17) is 0 Å². The van der Waals surface area contributed by atoms with Crippen molar-refractivity contribution < 1.29 is 18.1 Å². The van der Waals surface area contributed by atoms with Gasteiger partial charge in [-0.15, -0.1) is 0 Å². The number of hydrogen-bond donors (Lipinski definition) is 2. The second kappa shape index (κ2) is 8.48. The van der Waals surface area contributed by atoms with Gasteiger partial charge in [0.25, 0.3) is 21.6 Å². The second-order valence-electron chi connectivity index (χ2n) is 6.92. The number of carbonyl (C=O) groups excluding carboxylic acids is 1. The van der Waals surface area contributed by atoms with E-state index in [1.807, 2.05) is 30.3 Å². The molecule has 0 atom stereocenters. The second-order valence-corrected chi connectivity index (χ2v) is 8.60. The largest absolute Gasteiger partial charge is 0.322 e. The highest BCUT2D eigenvalue weighted by Gasteiger charge is 2.16. The number of nitro groups is 1. The third-order valence-corrected chi connectivity index (χ3v) is 6.16. The van der Waals surface area contributed by atoms with Crippen molar-refractivity contribution in [3.05, 3.63) is 107 Å². The van der Waals surface area contributed by atoms with E-state index in [2.05, 4.69) is 10.0 Å². The molecule has 0 bridgehead atoms. The van der Waals surface area contributed by atoms with E-state index < -0.39 is 20.9 Å². The van der Waals surface area contributed by atoms with Crippen LogP contribution >= 0.6 is 0 Å². The molecular formula is C23H17N3O5S. The lowest BCUT2D eigenvalue weighted by Crippen LogP contribution is -2.14. The van der Waals surface area contributed by atoms with Crippen LogP contribution in [-0.2, 0) is 10.0 Å². The lowest BCUT2D eigenvalue weighted by Gasteiger charge is -2.11. The lowest BCUT2D eigenvalue weighted by atomic mass is 10.1. The number of nitrogens with zero attached hydrogens (tertiary/aromatic N) is 1. The first-order chi connectivity index (χ1) is 15.3. The first kappa shape index (κ1) is 21.0. The van der Waals surface area contributed by atoms with Crippen molar-refractivity contribution >= 4 is 43.8 Å². The molecule has 0 saturated carbocycles. The van der Waals surface area contributed by atoms with Crippen LogP contribution in [0.15, 0.2) is 95.9 Å². The summed E-state index contributed by atoms with van der Waals surface area (Å²) < 4.78 is 28.3. The van der Waals surface area contributed by atoms with Crippen molar-refractivity contribution in [2.75, 3.05) is 10.0 Å². The van der Waals surface area contributed by atoms with Crippen LogP contribution in [0.25, 0.3) is 10.8 Å². The minimum absolute atomic E-state index is 0.0267. The minimum atomic E-state index is -3.85. The fourth-order valence-electron chi connectivity index (χ4n) is 3.20.